The number of carbonyl (C=O) groups excluding carboxylic acids is 2. The van der Waals surface area contributed by atoms with E-state index in [2.05, 4.69) is 10.6 Å². The number of benzene rings is 1. The summed E-state index contributed by atoms with van der Waals surface area (Å²) in [6.07, 6.45) is 0.670. The molecule has 0 aliphatic rings. The zero-order valence-corrected chi connectivity index (χ0v) is 10.7. The normalized spacial score (nSPS) is 11.7. The number of nitrogens with two attached hydrogens (primary N) is 1. The SMILES string of the molecule is CNC(=O)c1cccc(CCNC(=O)[C@@H](C)N)c1. The molecule has 5 heteroatoms. The van der Waals surface area contributed by atoms with E-state index in [1.165, 1.54) is 0 Å². The van der Waals surface area contributed by atoms with Crippen LogP contribution in [0.5, 0.6) is 0 Å². The fraction of sp³-hybridized carbons (Fsp3) is 0.385. The van der Waals surface area contributed by atoms with E-state index in [0.717, 1.165) is 5.56 Å². The van der Waals surface area contributed by atoms with Crippen LogP contribution in [-0.2, 0) is 11.2 Å². The topological polar surface area (TPSA) is 84.2 Å². The molecule has 1 atom stereocenters. The van der Waals surface area contributed by atoms with Gasteiger partial charge in [0.1, 0.15) is 0 Å². The van der Waals surface area contributed by atoms with Gasteiger partial charge < -0.3 is 16.4 Å². The molecule has 5 nitrogen and oxygen atoms in total. The molecule has 0 fully saturated rings. The molecule has 0 unspecified atom stereocenters. The van der Waals surface area contributed by atoms with E-state index in [9.17, 15) is 9.59 Å². The Hall–Kier alpha value is -1.88. The maximum absolute atomic E-state index is 11.4. The third-order valence-electron chi connectivity index (χ3n) is 2.54. The Labute approximate surface area is 107 Å². The first kappa shape index (κ1) is 14.2. The second kappa shape index (κ2) is 6.76. The van der Waals surface area contributed by atoms with Gasteiger partial charge in [-0.15, -0.1) is 0 Å². The summed E-state index contributed by atoms with van der Waals surface area (Å²) in [6.45, 7) is 2.15. The molecule has 0 aliphatic heterocycles. The van der Waals surface area contributed by atoms with Crippen molar-refractivity contribution < 1.29 is 9.59 Å². The first-order valence-electron chi connectivity index (χ1n) is 5.89. The average molecular weight is 249 g/mol. The molecule has 4 N–H and O–H groups in total. The lowest BCUT2D eigenvalue weighted by atomic mass is 10.1. The van der Waals surface area contributed by atoms with E-state index in [0.29, 0.717) is 18.5 Å². The molecule has 0 radical (unpaired) electrons. The second-order valence-corrected chi connectivity index (χ2v) is 4.11. The maximum Gasteiger partial charge on any atom is 0.251 e. The van der Waals surface area contributed by atoms with Crippen LogP contribution in [0.4, 0.5) is 0 Å². The lowest BCUT2D eigenvalue weighted by Gasteiger charge is -2.08. The van der Waals surface area contributed by atoms with Crippen molar-refractivity contribution in [2.45, 2.75) is 19.4 Å². The van der Waals surface area contributed by atoms with Crippen molar-refractivity contribution in [1.29, 1.82) is 0 Å². The van der Waals surface area contributed by atoms with Gasteiger partial charge in [0.15, 0.2) is 0 Å². The smallest absolute Gasteiger partial charge is 0.251 e. The van der Waals surface area contributed by atoms with Crippen LogP contribution in [0.1, 0.15) is 22.8 Å². The van der Waals surface area contributed by atoms with E-state index >= 15 is 0 Å². The molecule has 98 valence electrons. The van der Waals surface area contributed by atoms with Gasteiger partial charge in [0, 0.05) is 19.2 Å². The van der Waals surface area contributed by atoms with Gasteiger partial charge in [-0.05, 0) is 31.0 Å². The van der Waals surface area contributed by atoms with Crippen molar-refractivity contribution >= 4 is 11.8 Å². The molecule has 1 aromatic rings. The van der Waals surface area contributed by atoms with Gasteiger partial charge in [0.05, 0.1) is 6.04 Å². The summed E-state index contributed by atoms with van der Waals surface area (Å²) in [4.78, 5) is 22.7. The second-order valence-electron chi connectivity index (χ2n) is 4.11. The third-order valence-corrected chi connectivity index (χ3v) is 2.54. The highest BCUT2D eigenvalue weighted by atomic mass is 16.2. The maximum atomic E-state index is 11.4. The lowest BCUT2D eigenvalue weighted by Crippen LogP contribution is -2.39. The van der Waals surface area contributed by atoms with Gasteiger partial charge >= 0.3 is 0 Å². The van der Waals surface area contributed by atoms with Crippen LogP contribution in [-0.4, -0.2) is 31.4 Å². The molecule has 1 aromatic carbocycles. The number of amides is 2. The first-order chi connectivity index (χ1) is 8.54. The fourth-order valence-electron chi connectivity index (χ4n) is 1.50. The van der Waals surface area contributed by atoms with E-state index in [1.807, 2.05) is 18.2 Å². The van der Waals surface area contributed by atoms with E-state index in [4.69, 9.17) is 5.73 Å². The standard InChI is InChI=1S/C13H19N3O2/c1-9(14)12(17)16-7-6-10-4-3-5-11(8-10)13(18)15-2/h3-5,8-9H,6-7,14H2,1-2H3,(H,15,18)(H,16,17)/t9-/m1/s1. The first-order valence-corrected chi connectivity index (χ1v) is 5.89. The minimum atomic E-state index is -0.498. The van der Waals surface area contributed by atoms with Gasteiger partial charge in [0.25, 0.3) is 5.91 Å². The van der Waals surface area contributed by atoms with Crippen LogP contribution in [0, 0.1) is 0 Å². The summed E-state index contributed by atoms with van der Waals surface area (Å²) in [5.74, 6) is -0.283. The van der Waals surface area contributed by atoms with Crippen LogP contribution in [0.3, 0.4) is 0 Å². The quantitative estimate of drug-likeness (QED) is 0.689. The van der Waals surface area contributed by atoms with Gasteiger partial charge in [0.2, 0.25) is 5.91 Å². The van der Waals surface area contributed by atoms with Crippen LogP contribution in [0.25, 0.3) is 0 Å². The van der Waals surface area contributed by atoms with Gasteiger partial charge in [-0.25, -0.2) is 0 Å². The Morgan fingerprint density at radius 1 is 1.39 bits per heavy atom. The molecule has 0 saturated carbocycles. The number of nitrogens with one attached hydrogen (secondary N) is 2. The molecule has 0 bridgehead atoms. The third kappa shape index (κ3) is 4.18. The highest BCUT2D eigenvalue weighted by molar-refractivity contribution is 5.94. The average Bonchev–Trinajstić information content (AvgIpc) is 2.37. The summed E-state index contributed by atoms with van der Waals surface area (Å²) in [5, 5.41) is 5.30. The van der Waals surface area contributed by atoms with Crippen molar-refractivity contribution in [1.82, 2.24) is 10.6 Å². The Bertz CT molecular complexity index is 430. The highest BCUT2D eigenvalue weighted by Crippen LogP contribution is 2.05. The molecular formula is C13H19N3O2. The van der Waals surface area contributed by atoms with Gasteiger partial charge in [-0.3, -0.25) is 9.59 Å². The fourth-order valence-corrected chi connectivity index (χ4v) is 1.50. The summed E-state index contributed by atoms with van der Waals surface area (Å²) in [5.41, 5.74) is 7.05. The molecule has 0 saturated heterocycles. The summed E-state index contributed by atoms with van der Waals surface area (Å²) < 4.78 is 0. The molecule has 0 aromatic heterocycles. The van der Waals surface area contributed by atoms with Crippen molar-refractivity contribution in [2.75, 3.05) is 13.6 Å². The van der Waals surface area contributed by atoms with E-state index < -0.39 is 6.04 Å². The number of hydrogen-bond acceptors (Lipinski definition) is 3. The Kier molecular flexibility index (Phi) is 5.32. The molecule has 1 rings (SSSR count). The van der Waals surface area contributed by atoms with Crippen molar-refractivity contribution in [3.63, 3.8) is 0 Å². The monoisotopic (exact) mass is 249 g/mol. The number of carbonyl (C=O) groups is 2. The van der Waals surface area contributed by atoms with E-state index in [-0.39, 0.29) is 11.8 Å². The minimum absolute atomic E-state index is 0.114. The predicted molar refractivity (Wildman–Crippen MR) is 70.2 cm³/mol. The Morgan fingerprint density at radius 2 is 2.11 bits per heavy atom. The molecule has 0 aliphatic carbocycles. The summed E-state index contributed by atoms with van der Waals surface area (Å²) in [7, 11) is 1.60. The zero-order chi connectivity index (χ0) is 13.5. The van der Waals surface area contributed by atoms with Crippen LogP contribution in [0.15, 0.2) is 24.3 Å². The van der Waals surface area contributed by atoms with Crippen molar-refractivity contribution in [3.05, 3.63) is 35.4 Å². The number of hydrogen-bond donors (Lipinski definition) is 3. The van der Waals surface area contributed by atoms with Crippen molar-refractivity contribution in [2.24, 2.45) is 5.73 Å². The van der Waals surface area contributed by atoms with Gasteiger partial charge in [-0.1, -0.05) is 12.1 Å². The molecule has 0 heterocycles. The summed E-state index contributed by atoms with van der Waals surface area (Å²) in [6, 6.07) is 6.82. The van der Waals surface area contributed by atoms with Crippen LogP contribution in [0.2, 0.25) is 0 Å². The Balaban J connectivity index is 2.53. The largest absolute Gasteiger partial charge is 0.355 e. The lowest BCUT2D eigenvalue weighted by molar-refractivity contribution is -0.121. The number of rotatable bonds is 5. The Morgan fingerprint density at radius 3 is 2.72 bits per heavy atom. The molecular weight excluding hydrogens is 230 g/mol. The molecule has 0 spiro atoms. The highest BCUT2D eigenvalue weighted by Gasteiger charge is 2.06. The van der Waals surface area contributed by atoms with E-state index in [1.54, 1.807) is 20.0 Å². The van der Waals surface area contributed by atoms with Crippen molar-refractivity contribution in [3.8, 4) is 0 Å². The van der Waals surface area contributed by atoms with Crippen LogP contribution < -0.4 is 16.4 Å². The molecule has 2 amide bonds. The minimum Gasteiger partial charge on any atom is -0.355 e. The zero-order valence-electron chi connectivity index (χ0n) is 10.7. The molecule has 18 heavy (non-hydrogen) atoms. The van der Waals surface area contributed by atoms with Crippen LogP contribution >= 0.6 is 0 Å². The van der Waals surface area contributed by atoms with Gasteiger partial charge in [-0.2, -0.15) is 0 Å². The predicted octanol–water partition coefficient (Wildman–Crippen LogP) is 0.0521. The summed E-state index contributed by atoms with van der Waals surface area (Å²) >= 11 is 0.